The molecule has 2 heteroatoms. The summed E-state index contributed by atoms with van der Waals surface area (Å²) in [5.74, 6) is 0.802. The maximum Gasteiger partial charge on any atom is 0.157 e. The van der Waals surface area contributed by atoms with Crippen molar-refractivity contribution in [3.63, 3.8) is 0 Å². The fraction of sp³-hybridized carbons (Fsp3) is 1.00. The van der Waals surface area contributed by atoms with E-state index in [1.54, 1.807) is 0 Å². The van der Waals surface area contributed by atoms with Crippen molar-refractivity contribution in [3.05, 3.63) is 0 Å². The topological polar surface area (TPSA) is 18.5 Å². The number of hydrogen-bond acceptors (Lipinski definition) is 2. The molecular weight excluding hydrogens is 140 g/mol. The molecule has 1 fully saturated rings. The monoisotopic (exact) mass is 158 g/mol. The lowest BCUT2D eigenvalue weighted by atomic mass is 10.1. The average molecular weight is 158 g/mol. The predicted octanol–water partition coefficient (Wildman–Crippen LogP) is 2.19. The second-order valence-electron chi connectivity index (χ2n) is 3.50. The molecule has 0 bridgehead atoms. The summed E-state index contributed by atoms with van der Waals surface area (Å²) < 4.78 is 10.6. The molecule has 0 atom stereocenters. The van der Waals surface area contributed by atoms with E-state index in [1.165, 1.54) is 12.8 Å². The minimum absolute atomic E-state index is 0.105. The van der Waals surface area contributed by atoms with Crippen molar-refractivity contribution in [2.75, 3.05) is 13.2 Å². The van der Waals surface area contributed by atoms with Gasteiger partial charge in [-0.3, -0.25) is 0 Å². The van der Waals surface area contributed by atoms with Crippen LogP contribution < -0.4 is 0 Å². The second kappa shape index (κ2) is 4.73. The Balaban J connectivity index is 1.94. The summed E-state index contributed by atoms with van der Waals surface area (Å²) in [5, 5.41) is 0. The van der Waals surface area contributed by atoms with E-state index in [4.69, 9.17) is 9.47 Å². The van der Waals surface area contributed by atoms with E-state index in [1.807, 2.05) is 0 Å². The van der Waals surface area contributed by atoms with Crippen LogP contribution >= 0.6 is 0 Å². The van der Waals surface area contributed by atoms with Crippen LogP contribution in [0.15, 0.2) is 0 Å². The first kappa shape index (κ1) is 9.01. The fourth-order valence-corrected chi connectivity index (χ4v) is 1.27. The van der Waals surface area contributed by atoms with Gasteiger partial charge in [-0.25, -0.2) is 0 Å². The van der Waals surface area contributed by atoms with Gasteiger partial charge in [-0.2, -0.15) is 0 Å². The molecule has 1 aliphatic rings. The summed E-state index contributed by atoms with van der Waals surface area (Å²) in [7, 11) is 0. The van der Waals surface area contributed by atoms with E-state index >= 15 is 0 Å². The first-order valence-electron chi connectivity index (χ1n) is 4.52. The molecule has 2 nitrogen and oxygen atoms in total. The molecule has 0 aromatic rings. The lowest BCUT2D eigenvalue weighted by molar-refractivity contribution is -0.0483. The Kier molecular flexibility index (Phi) is 3.87. The van der Waals surface area contributed by atoms with Crippen molar-refractivity contribution >= 4 is 0 Å². The van der Waals surface area contributed by atoms with E-state index in [0.717, 1.165) is 25.6 Å². The summed E-state index contributed by atoms with van der Waals surface area (Å²) in [6.45, 7) is 6.06. The minimum atomic E-state index is 0.105. The first-order valence-corrected chi connectivity index (χ1v) is 4.52. The van der Waals surface area contributed by atoms with Crippen molar-refractivity contribution in [2.45, 2.75) is 39.4 Å². The zero-order chi connectivity index (χ0) is 8.10. The largest absolute Gasteiger partial charge is 0.350 e. The Morgan fingerprint density at radius 3 is 2.45 bits per heavy atom. The summed E-state index contributed by atoms with van der Waals surface area (Å²) >= 11 is 0. The molecule has 11 heavy (non-hydrogen) atoms. The van der Waals surface area contributed by atoms with Crippen LogP contribution in [0.3, 0.4) is 0 Å². The summed E-state index contributed by atoms with van der Waals surface area (Å²) in [4.78, 5) is 0. The number of ether oxygens (including phenoxy) is 2. The van der Waals surface area contributed by atoms with Gasteiger partial charge >= 0.3 is 0 Å². The average Bonchev–Trinajstić information content (AvgIpc) is 2.39. The van der Waals surface area contributed by atoms with E-state index in [0.29, 0.717) is 0 Å². The highest BCUT2D eigenvalue weighted by molar-refractivity contribution is 4.54. The van der Waals surface area contributed by atoms with Gasteiger partial charge in [0.25, 0.3) is 0 Å². The molecule has 0 aromatic heterocycles. The Hall–Kier alpha value is -0.0800. The minimum Gasteiger partial charge on any atom is -0.350 e. The Morgan fingerprint density at radius 2 is 1.91 bits per heavy atom. The van der Waals surface area contributed by atoms with E-state index < -0.39 is 0 Å². The molecule has 1 rings (SSSR count). The second-order valence-corrected chi connectivity index (χ2v) is 3.50. The Bertz CT molecular complexity index is 95.7. The van der Waals surface area contributed by atoms with Crippen LogP contribution in [-0.2, 0) is 9.47 Å². The van der Waals surface area contributed by atoms with E-state index in [9.17, 15) is 0 Å². The van der Waals surface area contributed by atoms with E-state index in [2.05, 4.69) is 13.8 Å². The summed E-state index contributed by atoms with van der Waals surface area (Å²) in [5.41, 5.74) is 0. The molecule has 0 radical (unpaired) electrons. The smallest absolute Gasteiger partial charge is 0.157 e. The zero-order valence-corrected chi connectivity index (χ0v) is 7.51. The predicted molar refractivity (Wildman–Crippen MR) is 44.4 cm³/mol. The third-order valence-corrected chi connectivity index (χ3v) is 1.91. The zero-order valence-electron chi connectivity index (χ0n) is 7.51. The molecular formula is C9H18O2. The van der Waals surface area contributed by atoms with Gasteiger partial charge in [-0.15, -0.1) is 0 Å². The van der Waals surface area contributed by atoms with Crippen molar-refractivity contribution in [1.29, 1.82) is 0 Å². The third-order valence-electron chi connectivity index (χ3n) is 1.91. The lowest BCUT2D eigenvalue weighted by Gasteiger charge is -2.09. The quantitative estimate of drug-likeness (QED) is 0.624. The standard InChI is InChI=1S/C9H18O2/c1-8(2)4-3-5-9-10-6-7-11-9/h8-9H,3-7H2,1-2H3. The summed E-state index contributed by atoms with van der Waals surface area (Å²) in [6, 6.07) is 0. The highest BCUT2D eigenvalue weighted by atomic mass is 16.7. The molecule has 0 unspecified atom stereocenters. The highest BCUT2D eigenvalue weighted by Crippen LogP contribution is 2.14. The molecule has 0 aromatic carbocycles. The van der Waals surface area contributed by atoms with Crippen molar-refractivity contribution < 1.29 is 9.47 Å². The van der Waals surface area contributed by atoms with Crippen LogP contribution in [0.4, 0.5) is 0 Å². The van der Waals surface area contributed by atoms with Crippen LogP contribution in [0.1, 0.15) is 33.1 Å². The van der Waals surface area contributed by atoms with Crippen molar-refractivity contribution in [3.8, 4) is 0 Å². The van der Waals surface area contributed by atoms with Crippen LogP contribution in [0.2, 0.25) is 0 Å². The molecule has 0 N–H and O–H groups in total. The molecule has 1 saturated heterocycles. The van der Waals surface area contributed by atoms with Gasteiger partial charge in [0.05, 0.1) is 13.2 Å². The molecule has 0 amide bonds. The molecule has 0 aliphatic carbocycles. The van der Waals surface area contributed by atoms with Gasteiger partial charge in [0.15, 0.2) is 6.29 Å². The van der Waals surface area contributed by atoms with Gasteiger partial charge in [-0.1, -0.05) is 20.3 Å². The van der Waals surface area contributed by atoms with Gasteiger partial charge in [0.2, 0.25) is 0 Å². The highest BCUT2D eigenvalue weighted by Gasteiger charge is 2.14. The first-order chi connectivity index (χ1) is 5.29. The van der Waals surface area contributed by atoms with Crippen LogP contribution in [0.25, 0.3) is 0 Å². The van der Waals surface area contributed by atoms with E-state index in [-0.39, 0.29) is 6.29 Å². The number of rotatable bonds is 4. The fourth-order valence-electron chi connectivity index (χ4n) is 1.27. The third kappa shape index (κ3) is 3.73. The van der Waals surface area contributed by atoms with Crippen molar-refractivity contribution in [1.82, 2.24) is 0 Å². The molecule has 0 saturated carbocycles. The van der Waals surface area contributed by atoms with Crippen LogP contribution in [0, 0.1) is 5.92 Å². The SMILES string of the molecule is CC(C)CCCC1OCCO1. The molecule has 1 aliphatic heterocycles. The maximum absolute atomic E-state index is 5.31. The normalized spacial score (nSPS) is 19.9. The molecule has 0 spiro atoms. The maximum atomic E-state index is 5.31. The number of hydrogen-bond donors (Lipinski definition) is 0. The Labute approximate surface area is 68.9 Å². The lowest BCUT2D eigenvalue weighted by Crippen LogP contribution is -2.07. The summed E-state index contributed by atoms with van der Waals surface area (Å²) in [6.07, 6.45) is 3.68. The van der Waals surface area contributed by atoms with Crippen LogP contribution in [0.5, 0.6) is 0 Å². The van der Waals surface area contributed by atoms with Gasteiger partial charge < -0.3 is 9.47 Å². The van der Waals surface area contributed by atoms with Crippen LogP contribution in [-0.4, -0.2) is 19.5 Å². The van der Waals surface area contributed by atoms with Gasteiger partial charge in [0.1, 0.15) is 0 Å². The van der Waals surface area contributed by atoms with Gasteiger partial charge in [0, 0.05) is 0 Å². The molecule has 66 valence electrons. The van der Waals surface area contributed by atoms with Crippen molar-refractivity contribution in [2.24, 2.45) is 5.92 Å². The van der Waals surface area contributed by atoms with Gasteiger partial charge in [-0.05, 0) is 18.8 Å². The Morgan fingerprint density at radius 1 is 1.27 bits per heavy atom. The molecule has 1 heterocycles.